The van der Waals surface area contributed by atoms with Gasteiger partial charge in [-0.1, -0.05) is 0 Å². The van der Waals surface area contributed by atoms with Crippen molar-refractivity contribution in [3.63, 3.8) is 0 Å². The van der Waals surface area contributed by atoms with Crippen LogP contribution in [-0.4, -0.2) is 62.6 Å². The van der Waals surface area contributed by atoms with Gasteiger partial charge < -0.3 is 9.64 Å². The Morgan fingerprint density at radius 3 is 2.42 bits per heavy atom. The summed E-state index contributed by atoms with van der Waals surface area (Å²) in [6.45, 7) is 4.31. The second-order valence-corrected chi connectivity index (χ2v) is 4.78. The van der Waals surface area contributed by atoms with E-state index in [-0.39, 0.29) is 5.78 Å². The Balaban J connectivity index is 1.80. The molecule has 0 saturated carbocycles. The number of benzene rings is 1. The molecule has 1 aliphatic rings. The number of methoxy groups -OCH3 is 1. The van der Waals surface area contributed by atoms with Crippen LogP contribution in [0.4, 0.5) is 0 Å². The minimum Gasteiger partial charge on any atom is -0.497 e. The molecular weight excluding hydrogens is 242 g/mol. The third kappa shape index (κ3) is 4.02. The van der Waals surface area contributed by atoms with Gasteiger partial charge in [0, 0.05) is 31.7 Å². The largest absolute Gasteiger partial charge is 0.497 e. The van der Waals surface area contributed by atoms with Crippen LogP contribution in [0.15, 0.2) is 24.3 Å². The zero-order chi connectivity index (χ0) is 13.7. The molecule has 104 valence electrons. The molecule has 0 aromatic heterocycles. The van der Waals surface area contributed by atoms with E-state index in [4.69, 9.17) is 4.74 Å². The number of nitrogens with zero attached hydrogens (tertiary/aromatic N) is 2. The third-order valence-electron chi connectivity index (χ3n) is 3.38. The standard InChI is InChI=1S/C14H21N3O2/c1-16-7-9-17(10-8-16)15-11-14(18)12-3-5-13(19-2)6-4-12/h3-6,15H,7-11H2,1-2H3. The van der Waals surface area contributed by atoms with Crippen LogP contribution in [0.5, 0.6) is 5.75 Å². The lowest BCUT2D eigenvalue weighted by Gasteiger charge is -2.32. The van der Waals surface area contributed by atoms with Gasteiger partial charge in [0.2, 0.25) is 0 Å². The fourth-order valence-electron chi connectivity index (χ4n) is 2.03. The Morgan fingerprint density at radius 1 is 1.21 bits per heavy atom. The van der Waals surface area contributed by atoms with E-state index in [1.54, 1.807) is 19.2 Å². The monoisotopic (exact) mass is 263 g/mol. The molecule has 5 heteroatoms. The summed E-state index contributed by atoms with van der Waals surface area (Å²) in [6, 6.07) is 7.21. The van der Waals surface area contributed by atoms with Gasteiger partial charge in [-0.05, 0) is 31.3 Å². The number of nitrogens with one attached hydrogen (secondary N) is 1. The highest BCUT2D eigenvalue weighted by atomic mass is 16.5. The molecule has 1 heterocycles. The summed E-state index contributed by atoms with van der Waals surface area (Å²) in [5, 5.41) is 2.11. The van der Waals surface area contributed by atoms with Crippen molar-refractivity contribution in [2.75, 3.05) is 46.9 Å². The fourth-order valence-corrected chi connectivity index (χ4v) is 2.03. The second-order valence-electron chi connectivity index (χ2n) is 4.78. The Hall–Kier alpha value is -1.43. The summed E-state index contributed by atoms with van der Waals surface area (Å²) in [7, 11) is 3.73. The number of piperazine rings is 1. The van der Waals surface area contributed by atoms with Crippen LogP contribution < -0.4 is 10.2 Å². The highest BCUT2D eigenvalue weighted by Gasteiger charge is 2.14. The van der Waals surface area contributed by atoms with Crippen molar-refractivity contribution in [1.82, 2.24) is 15.3 Å². The Kier molecular flexibility index (Phi) is 4.90. The normalized spacial score (nSPS) is 17.4. The molecule has 0 radical (unpaired) electrons. The molecule has 0 amide bonds. The molecule has 0 aliphatic carbocycles. The molecule has 0 atom stereocenters. The Bertz CT molecular complexity index is 411. The van der Waals surface area contributed by atoms with Crippen LogP contribution >= 0.6 is 0 Å². The maximum Gasteiger partial charge on any atom is 0.178 e. The number of carbonyl (C=O) groups excluding carboxylic acids is 1. The van der Waals surface area contributed by atoms with Gasteiger partial charge in [-0.25, -0.2) is 10.4 Å². The molecule has 19 heavy (non-hydrogen) atoms. The third-order valence-corrected chi connectivity index (χ3v) is 3.38. The average Bonchev–Trinajstić information content (AvgIpc) is 2.46. The summed E-state index contributed by atoms with van der Waals surface area (Å²) < 4.78 is 5.07. The van der Waals surface area contributed by atoms with Crippen molar-refractivity contribution in [3.05, 3.63) is 29.8 Å². The molecule has 1 N–H and O–H groups in total. The number of rotatable bonds is 5. The zero-order valence-corrected chi connectivity index (χ0v) is 11.6. The van der Waals surface area contributed by atoms with Gasteiger partial charge >= 0.3 is 0 Å². The highest BCUT2D eigenvalue weighted by molar-refractivity contribution is 5.97. The lowest BCUT2D eigenvalue weighted by Crippen LogP contribution is -2.51. The van der Waals surface area contributed by atoms with E-state index in [0.717, 1.165) is 31.9 Å². The smallest absolute Gasteiger partial charge is 0.178 e. The van der Waals surface area contributed by atoms with E-state index in [1.165, 1.54) is 0 Å². The van der Waals surface area contributed by atoms with Crippen LogP contribution in [0.1, 0.15) is 10.4 Å². The number of ether oxygens (including phenoxy) is 1. The maximum absolute atomic E-state index is 12.0. The molecule has 0 spiro atoms. The van der Waals surface area contributed by atoms with Crippen molar-refractivity contribution in [2.24, 2.45) is 0 Å². The van der Waals surface area contributed by atoms with Gasteiger partial charge in [0.25, 0.3) is 0 Å². The first-order chi connectivity index (χ1) is 9.19. The van der Waals surface area contributed by atoms with Crippen LogP contribution in [0.25, 0.3) is 0 Å². The Morgan fingerprint density at radius 2 is 1.84 bits per heavy atom. The second kappa shape index (κ2) is 6.65. The van der Waals surface area contributed by atoms with E-state index in [1.807, 2.05) is 12.1 Å². The van der Waals surface area contributed by atoms with Crippen molar-refractivity contribution < 1.29 is 9.53 Å². The van der Waals surface area contributed by atoms with Gasteiger partial charge in [-0.2, -0.15) is 0 Å². The molecule has 0 unspecified atom stereocenters. The molecular formula is C14H21N3O2. The molecule has 1 aromatic carbocycles. The van der Waals surface area contributed by atoms with Gasteiger partial charge in [0.1, 0.15) is 5.75 Å². The lowest BCUT2D eigenvalue weighted by molar-refractivity contribution is 0.0838. The summed E-state index contributed by atoms with van der Waals surface area (Å²) in [5.41, 5.74) is 3.91. The molecule has 0 bridgehead atoms. The van der Waals surface area contributed by atoms with E-state index >= 15 is 0 Å². The predicted octanol–water partition coefficient (Wildman–Crippen LogP) is 0.630. The van der Waals surface area contributed by atoms with Crippen molar-refractivity contribution in [1.29, 1.82) is 0 Å². The predicted molar refractivity (Wildman–Crippen MR) is 74.4 cm³/mol. The number of hydrogen-bond acceptors (Lipinski definition) is 5. The van der Waals surface area contributed by atoms with Crippen LogP contribution in [-0.2, 0) is 0 Å². The minimum atomic E-state index is 0.0987. The summed E-state index contributed by atoms with van der Waals surface area (Å²) in [4.78, 5) is 14.3. The minimum absolute atomic E-state index is 0.0987. The number of carbonyl (C=O) groups is 1. The number of hydrazine groups is 1. The molecule has 5 nitrogen and oxygen atoms in total. The number of ketones is 1. The first-order valence-electron chi connectivity index (χ1n) is 6.53. The van der Waals surface area contributed by atoms with Crippen molar-refractivity contribution in [3.8, 4) is 5.75 Å². The molecule has 1 aromatic rings. The van der Waals surface area contributed by atoms with Gasteiger partial charge in [-0.3, -0.25) is 4.79 Å². The van der Waals surface area contributed by atoms with E-state index in [2.05, 4.69) is 22.4 Å². The highest BCUT2D eigenvalue weighted by Crippen LogP contribution is 2.11. The van der Waals surface area contributed by atoms with E-state index < -0.39 is 0 Å². The summed E-state index contributed by atoms with van der Waals surface area (Å²) in [5.74, 6) is 0.866. The number of likely N-dealkylation sites (N-methyl/N-ethyl adjacent to an activating group) is 1. The van der Waals surface area contributed by atoms with Crippen LogP contribution in [0, 0.1) is 0 Å². The average molecular weight is 263 g/mol. The fraction of sp³-hybridized carbons (Fsp3) is 0.500. The topological polar surface area (TPSA) is 44.8 Å². The Labute approximate surface area is 114 Å². The van der Waals surface area contributed by atoms with Gasteiger partial charge in [0.15, 0.2) is 5.78 Å². The van der Waals surface area contributed by atoms with Crippen LogP contribution in [0.2, 0.25) is 0 Å². The van der Waals surface area contributed by atoms with Crippen molar-refractivity contribution >= 4 is 5.78 Å². The van der Waals surface area contributed by atoms with Crippen LogP contribution in [0.3, 0.4) is 0 Å². The number of hydrogen-bond donors (Lipinski definition) is 1. The summed E-state index contributed by atoms with van der Waals surface area (Å²) >= 11 is 0. The van der Waals surface area contributed by atoms with Gasteiger partial charge in [0.05, 0.1) is 13.7 Å². The van der Waals surface area contributed by atoms with Gasteiger partial charge in [-0.15, -0.1) is 0 Å². The zero-order valence-electron chi connectivity index (χ0n) is 11.6. The first-order valence-corrected chi connectivity index (χ1v) is 6.53. The molecule has 1 saturated heterocycles. The molecule has 1 aliphatic heterocycles. The first kappa shape index (κ1) is 14.0. The quantitative estimate of drug-likeness (QED) is 0.790. The van der Waals surface area contributed by atoms with Crippen molar-refractivity contribution in [2.45, 2.75) is 0 Å². The lowest BCUT2D eigenvalue weighted by atomic mass is 10.1. The number of Topliss-reactive ketones (excluding diaryl/α,β-unsaturated/α-hetero) is 1. The molecule has 1 fully saturated rings. The SMILES string of the molecule is COc1ccc(C(=O)CNN2CCN(C)CC2)cc1. The molecule has 2 rings (SSSR count). The maximum atomic E-state index is 12.0. The van der Waals surface area contributed by atoms with E-state index in [0.29, 0.717) is 12.1 Å². The van der Waals surface area contributed by atoms with E-state index in [9.17, 15) is 4.79 Å². The summed E-state index contributed by atoms with van der Waals surface area (Å²) in [6.07, 6.45) is 0.